The number of likely N-dealkylation sites (tertiary alicyclic amines) is 1. The number of rotatable bonds is 3. The first-order chi connectivity index (χ1) is 7.87. The summed E-state index contributed by atoms with van der Waals surface area (Å²) in [7, 11) is 0. The fraction of sp³-hybridized carbons (Fsp3) is 0.923. The Kier molecular flexibility index (Phi) is 4.80. The number of carbonyl (C=O) groups is 1. The van der Waals surface area contributed by atoms with Gasteiger partial charge in [-0.1, -0.05) is 13.3 Å². The van der Waals surface area contributed by atoms with Crippen molar-refractivity contribution < 1.29 is 14.6 Å². The lowest BCUT2D eigenvalue weighted by Gasteiger charge is -2.24. The van der Waals surface area contributed by atoms with Crippen molar-refractivity contribution in [2.75, 3.05) is 19.7 Å². The third-order valence-electron chi connectivity index (χ3n) is 3.12. The van der Waals surface area contributed by atoms with Gasteiger partial charge in [-0.25, -0.2) is 4.79 Å². The number of hydrogen-bond acceptors (Lipinski definition) is 3. The van der Waals surface area contributed by atoms with Gasteiger partial charge in [0.25, 0.3) is 0 Å². The number of aliphatic hydroxyl groups is 1. The minimum atomic E-state index is -0.450. The fourth-order valence-electron chi connectivity index (χ4n) is 2.32. The van der Waals surface area contributed by atoms with Gasteiger partial charge in [0.15, 0.2) is 0 Å². The molecule has 100 valence electrons. The predicted molar refractivity (Wildman–Crippen MR) is 66.8 cm³/mol. The zero-order chi connectivity index (χ0) is 13.1. The second kappa shape index (κ2) is 5.71. The van der Waals surface area contributed by atoms with Crippen molar-refractivity contribution in [3.63, 3.8) is 0 Å². The molecule has 1 amide bonds. The molecule has 0 radical (unpaired) electrons. The van der Waals surface area contributed by atoms with Crippen LogP contribution in [0.25, 0.3) is 0 Å². The van der Waals surface area contributed by atoms with Crippen LogP contribution < -0.4 is 0 Å². The summed E-state index contributed by atoms with van der Waals surface area (Å²) in [5, 5.41) is 9.32. The van der Waals surface area contributed by atoms with Gasteiger partial charge in [0, 0.05) is 25.6 Å². The molecule has 4 nitrogen and oxygen atoms in total. The molecule has 0 aromatic rings. The maximum atomic E-state index is 11.9. The number of amides is 1. The highest BCUT2D eigenvalue weighted by molar-refractivity contribution is 5.68. The molecule has 0 spiro atoms. The van der Waals surface area contributed by atoms with Crippen molar-refractivity contribution in [1.82, 2.24) is 4.90 Å². The Labute approximate surface area is 104 Å². The predicted octanol–water partition coefficient (Wildman–Crippen LogP) is 2.26. The van der Waals surface area contributed by atoms with E-state index >= 15 is 0 Å². The minimum Gasteiger partial charge on any atom is -0.444 e. The maximum absolute atomic E-state index is 11.9. The van der Waals surface area contributed by atoms with E-state index < -0.39 is 5.60 Å². The van der Waals surface area contributed by atoms with Gasteiger partial charge < -0.3 is 14.7 Å². The summed E-state index contributed by atoms with van der Waals surface area (Å²) in [4.78, 5) is 13.6. The lowest BCUT2D eigenvalue weighted by Crippen LogP contribution is -2.35. The van der Waals surface area contributed by atoms with E-state index in [1.807, 2.05) is 20.8 Å². The molecule has 1 saturated heterocycles. The van der Waals surface area contributed by atoms with Gasteiger partial charge in [-0.2, -0.15) is 0 Å². The van der Waals surface area contributed by atoms with Crippen LogP contribution in [0.4, 0.5) is 4.79 Å². The quantitative estimate of drug-likeness (QED) is 0.827. The molecule has 0 bridgehead atoms. The van der Waals surface area contributed by atoms with Crippen molar-refractivity contribution in [2.45, 2.75) is 46.1 Å². The van der Waals surface area contributed by atoms with E-state index in [1.165, 1.54) is 0 Å². The number of nitrogens with zero attached hydrogens (tertiary/aromatic N) is 1. The van der Waals surface area contributed by atoms with Crippen LogP contribution in [0.1, 0.15) is 40.5 Å². The first-order valence-corrected chi connectivity index (χ1v) is 6.46. The van der Waals surface area contributed by atoms with Crippen molar-refractivity contribution in [3.05, 3.63) is 0 Å². The topological polar surface area (TPSA) is 49.8 Å². The Balaban J connectivity index is 2.54. The highest BCUT2D eigenvalue weighted by Crippen LogP contribution is 2.28. The molecule has 1 rings (SSSR count). The normalized spacial score (nSPS) is 25.1. The maximum Gasteiger partial charge on any atom is 0.410 e. The second-order valence-corrected chi connectivity index (χ2v) is 5.88. The van der Waals surface area contributed by atoms with Gasteiger partial charge in [-0.15, -0.1) is 0 Å². The fourth-order valence-corrected chi connectivity index (χ4v) is 2.32. The van der Waals surface area contributed by atoms with Crippen LogP contribution in [0, 0.1) is 11.8 Å². The highest BCUT2D eigenvalue weighted by Gasteiger charge is 2.35. The van der Waals surface area contributed by atoms with Gasteiger partial charge in [-0.05, 0) is 33.1 Å². The Morgan fingerprint density at radius 1 is 1.35 bits per heavy atom. The number of carbonyl (C=O) groups excluding carboxylic acids is 1. The van der Waals surface area contributed by atoms with E-state index in [2.05, 4.69) is 6.92 Å². The van der Waals surface area contributed by atoms with Crippen LogP contribution in [0.5, 0.6) is 0 Å². The van der Waals surface area contributed by atoms with Crippen LogP contribution in [-0.2, 0) is 4.74 Å². The molecule has 0 unspecified atom stereocenters. The molecular weight excluding hydrogens is 218 g/mol. The SMILES string of the molecule is CCC[C@H]1CN(C(=O)OC(C)(C)C)C[C@@H]1CO. The molecule has 1 fully saturated rings. The van der Waals surface area contributed by atoms with Crippen LogP contribution >= 0.6 is 0 Å². The molecular formula is C13H25NO3. The van der Waals surface area contributed by atoms with Crippen molar-refractivity contribution in [3.8, 4) is 0 Å². The van der Waals surface area contributed by atoms with Crippen molar-refractivity contribution >= 4 is 6.09 Å². The summed E-state index contributed by atoms with van der Waals surface area (Å²) in [5.41, 5.74) is -0.450. The summed E-state index contributed by atoms with van der Waals surface area (Å²) >= 11 is 0. The Morgan fingerprint density at radius 3 is 2.41 bits per heavy atom. The first-order valence-electron chi connectivity index (χ1n) is 6.46. The first kappa shape index (κ1) is 14.3. The molecule has 0 aromatic carbocycles. The lowest BCUT2D eigenvalue weighted by atomic mass is 9.93. The molecule has 0 saturated carbocycles. The molecule has 17 heavy (non-hydrogen) atoms. The van der Waals surface area contributed by atoms with E-state index in [9.17, 15) is 9.90 Å². The Bertz CT molecular complexity index is 260. The average Bonchev–Trinajstić information content (AvgIpc) is 2.59. The molecule has 1 aliphatic rings. The lowest BCUT2D eigenvalue weighted by molar-refractivity contribution is 0.0280. The molecule has 1 N–H and O–H groups in total. The van der Waals surface area contributed by atoms with Gasteiger partial charge in [-0.3, -0.25) is 0 Å². The largest absolute Gasteiger partial charge is 0.444 e. The van der Waals surface area contributed by atoms with Crippen LogP contribution in [-0.4, -0.2) is 41.4 Å². The number of aliphatic hydroxyl groups excluding tert-OH is 1. The van der Waals surface area contributed by atoms with E-state index in [0.717, 1.165) is 12.8 Å². The van der Waals surface area contributed by atoms with E-state index in [1.54, 1.807) is 4.90 Å². The van der Waals surface area contributed by atoms with Gasteiger partial charge in [0.05, 0.1) is 0 Å². The molecule has 2 atom stereocenters. The summed E-state index contributed by atoms with van der Waals surface area (Å²) in [6.07, 6.45) is 1.89. The summed E-state index contributed by atoms with van der Waals surface area (Å²) in [5.74, 6) is 0.625. The van der Waals surface area contributed by atoms with E-state index in [0.29, 0.717) is 19.0 Å². The molecule has 4 heteroatoms. The summed E-state index contributed by atoms with van der Waals surface area (Å²) in [6, 6.07) is 0. The Hall–Kier alpha value is -0.770. The zero-order valence-electron chi connectivity index (χ0n) is 11.4. The average molecular weight is 243 g/mol. The highest BCUT2D eigenvalue weighted by atomic mass is 16.6. The number of hydrogen-bond donors (Lipinski definition) is 1. The van der Waals surface area contributed by atoms with Gasteiger partial charge in [0.1, 0.15) is 5.60 Å². The summed E-state index contributed by atoms with van der Waals surface area (Å²) < 4.78 is 5.35. The third-order valence-corrected chi connectivity index (χ3v) is 3.12. The van der Waals surface area contributed by atoms with Gasteiger partial charge in [0.2, 0.25) is 0 Å². The smallest absolute Gasteiger partial charge is 0.410 e. The minimum absolute atomic E-state index is 0.157. The van der Waals surface area contributed by atoms with Crippen molar-refractivity contribution in [2.24, 2.45) is 11.8 Å². The Morgan fingerprint density at radius 2 is 1.94 bits per heavy atom. The van der Waals surface area contributed by atoms with Gasteiger partial charge >= 0.3 is 6.09 Å². The summed E-state index contributed by atoms with van der Waals surface area (Å²) in [6.45, 7) is 9.23. The standard InChI is InChI=1S/C13H25NO3/c1-5-6-10-7-14(8-11(10)9-15)12(16)17-13(2,3)4/h10-11,15H,5-9H2,1-4H3/t10-,11+/m0/s1. The van der Waals surface area contributed by atoms with Crippen LogP contribution in [0.3, 0.4) is 0 Å². The zero-order valence-corrected chi connectivity index (χ0v) is 11.4. The van der Waals surface area contributed by atoms with Crippen LogP contribution in [0.2, 0.25) is 0 Å². The van der Waals surface area contributed by atoms with E-state index in [-0.39, 0.29) is 18.6 Å². The van der Waals surface area contributed by atoms with E-state index in [4.69, 9.17) is 4.74 Å². The monoisotopic (exact) mass is 243 g/mol. The van der Waals surface area contributed by atoms with Crippen molar-refractivity contribution in [1.29, 1.82) is 0 Å². The molecule has 1 heterocycles. The number of ether oxygens (including phenoxy) is 1. The second-order valence-electron chi connectivity index (χ2n) is 5.88. The molecule has 0 aliphatic carbocycles. The third kappa shape index (κ3) is 4.19. The van der Waals surface area contributed by atoms with Crippen LogP contribution in [0.15, 0.2) is 0 Å². The molecule has 1 aliphatic heterocycles. The molecule has 0 aromatic heterocycles.